The summed E-state index contributed by atoms with van der Waals surface area (Å²) in [6.07, 6.45) is 4.24. The van der Waals surface area contributed by atoms with E-state index < -0.39 is 0 Å². The van der Waals surface area contributed by atoms with Crippen molar-refractivity contribution in [1.82, 2.24) is 0 Å². The van der Waals surface area contributed by atoms with Crippen LogP contribution >= 0.6 is 0 Å². The van der Waals surface area contributed by atoms with Crippen LogP contribution in [-0.2, 0) is 0 Å². The van der Waals surface area contributed by atoms with Gasteiger partial charge in [0, 0.05) is 5.92 Å². The second-order valence-electron chi connectivity index (χ2n) is 6.24. The molecule has 0 saturated heterocycles. The van der Waals surface area contributed by atoms with Crippen LogP contribution < -0.4 is 4.74 Å². The largest absolute Gasteiger partial charge is 0.488 e. The zero-order valence-corrected chi connectivity index (χ0v) is 11.6. The Kier molecular flexibility index (Phi) is 3.96. The first-order valence-corrected chi connectivity index (χ1v) is 6.93. The van der Waals surface area contributed by atoms with E-state index in [9.17, 15) is 5.11 Å². The minimum atomic E-state index is -0.173. The molecule has 0 bridgehead atoms. The Labute approximate surface area is 110 Å². The van der Waals surface area contributed by atoms with E-state index in [1.807, 2.05) is 32.9 Å². The first-order chi connectivity index (χ1) is 8.46. The molecule has 100 valence electrons. The molecule has 1 aromatic rings. The smallest absolute Gasteiger partial charge is 0.120 e. The van der Waals surface area contributed by atoms with Crippen molar-refractivity contribution in [1.29, 1.82) is 0 Å². The molecule has 0 amide bonds. The highest BCUT2D eigenvalue weighted by molar-refractivity contribution is 5.30. The molecule has 2 unspecified atom stereocenters. The summed E-state index contributed by atoms with van der Waals surface area (Å²) in [6.45, 7) is 6.14. The van der Waals surface area contributed by atoms with Crippen molar-refractivity contribution < 1.29 is 9.84 Å². The van der Waals surface area contributed by atoms with Crippen LogP contribution in [0.3, 0.4) is 0 Å². The number of ether oxygens (including phenoxy) is 1. The van der Waals surface area contributed by atoms with Crippen molar-refractivity contribution in [3.8, 4) is 5.75 Å². The molecule has 1 aliphatic rings. The SMILES string of the molecule is CC(C)(C)Oc1ccc(C2CCCCC2O)cc1. The van der Waals surface area contributed by atoms with Crippen molar-refractivity contribution in [2.75, 3.05) is 0 Å². The van der Waals surface area contributed by atoms with Gasteiger partial charge in [-0.05, 0) is 51.3 Å². The van der Waals surface area contributed by atoms with Crippen LogP contribution in [0.4, 0.5) is 0 Å². The van der Waals surface area contributed by atoms with Crippen LogP contribution in [0.15, 0.2) is 24.3 Å². The highest BCUT2D eigenvalue weighted by Gasteiger charge is 2.24. The lowest BCUT2D eigenvalue weighted by molar-refractivity contribution is 0.106. The lowest BCUT2D eigenvalue weighted by Gasteiger charge is -2.28. The number of aliphatic hydroxyl groups is 1. The predicted molar refractivity (Wildman–Crippen MR) is 74.0 cm³/mol. The predicted octanol–water partition coefficient (Wildman–Crippen LogP) is 3.88. The normalized spacial score (nSPS) is 24.9. The summed E-state index contributed by atoms with van der Waals surface area (Å²) in [5.41, 5.74) is 1.08. The zero-order chi connectivity index (χ0) is 13.2. The molecule has 2 rings (SSSR count). The summed E-state index contributed by atoms with van der Waals surface area (Å²) >= 11 is 0. The first-order valence-electron chi connectivity index (χ1n) is 6.93. The van der Waals surface area contributed by atoms with Crippen LogP contribution in [-0.4, -0.2) is 16.8 Å². The van der Waals surface area contributed by atoms with Gasteiger partial charge in [-0.15, -0.1) is 0 Å². The van der Waals surface area contributed by atoms with E-state index in [1.165, 1.54) is 12.0 Å². The Bertz CT molecular complexity index is 375. The minimum Gasteiger partial charge on any atom is -0.488 e. The molecule has 1 aromatic carbocycles. The lowest BCUT2D eigenvalue weighted by atomic mass is 9.82. The molecule has 0 radical (unpaired) electrons. The first kappa shape index (κ1) is 13.4. The molecule has 0 spiro atoms. The van der Waals surface area contributed by atoms with Crippen LogP contribution in [0, 0.1) is 0 Å². The van der Waals surface area contributed by atoms with E-state index in [1.54, 1.807) is 0 Å². The van der Waals surface area contributed by atoms with Gasteiger partial charge in [0.2, 0.25) is 0 Å². The fourth-order valence-corrected chi connectivity index (χ4v) is 2.64. The van der Waals surface area contributed by atoms with Crippen molar-refractivity contribution in [2.45, 2.75) is 64.1 Å². The summed E-state index contributed by atoms with van der Waals surface area (Å²) in [5.74, 6) is 1.21. The van der Waals surface area contributed by atoms with Crippen LogP contribution in [0.2, 0.25) is 0 Å². The molecule has 2 nitrogen and oxygen atoms in total. The zero-order valence-electron chi connectivity index (χ0n) is 11.6. The second-order valence-corrected chi connectivity index (χ2v) is 6.24. The molecular weight excluding hydrogens is 224 g/mol. The average Bonchev–Trinajstić information content (AvgIpc) is 2.29. The van der Waals surface area contributed by atoms with E-state index in [2.05, 4.69) is 12.1 Å². The quantitative estimate of drug-likeness (QED) is 0.860. The number of hydrogen-bond acceptors (Lipinski definition) is 2. The average molecular weight is 248 g/mol. The molecule has 18 heavy (non-hydrogen) atoms. The molecule has 0 aliphatic heterocycles. The molecular formula is C16H24O2. The van der Waals surface area contributed by atoms with E-state index in [4.69, 9.17) is 4.74 Å². The van der Waals surface area contributed by atoms with E-state index in [0.29, 0.717) is 5.92 Å². The fraction of sp³-hybridized carbons (Fsp3) is 0.625. The Morgan fingerprint density at radius 3 is 2.22 bits per heavy atom. The van der Waals surface area contributed by atoms with Crippen LogP contribution in [0.1, 0.15) is 57.9 Å². The Balaban J connectivity index is 2.07. The molecule has 0 aromatic heterocycles. The topological polar surface area (TPSA) is 29.5 Å². The van der Waals surface area contributed by atoms with Crippen molar-refractivity contribution in [3.63, 3.8) is 0 Å². The van der Waals surface area contributed by atoms with Gasteiger partial charge in [0.25, 0.3) is 0 Å². The third-order valence-electron chi connectivity index (χ3n) is 3.46. The van der Waals surface area contributed by atoms with Gasteiger partial charge in [-0.1, -0.05) is 25.0 Å². The molecule has 1 N–H and O–H groups in total. The minimum absolute atomic E-state index is 0.161. The van der Waals surface area contributed by atoms with Gasteiger partial charge < -0.3 is 9.84 Å². The standard InChI is InChI=1S/C16H24O2/c1-16(2,3)18-13-10-8-12(9-11-13)14-6-4-5-7-15(14)17/h8-11,14-15,17H,4-7H2,1-3H3. The molecule has 1 aliphatic carbocycles. The highest BCUT2D eigenvalue weighted by Crippen LogP contribution is 2.34. The maximum Gasteiger partial charge on any atom is 0.120 e. The Morgan fingerprint density at radius 2 is 1.67 bits per heavy atom. The maximum atomic E-state index is 10.0. The van der Waals surface area contributed by atoms with Crippen molar-refractivity contribution in [2.24, 2.45) is 0 Å². The van der Waals surface area contributed by atoms with Gasteiger partial charge >= 0.3 is 0 Å². The van der Waals surface area contributed by atoms with Gasteiger partial charge in [0.1, 0.15) is 11.4 Å². The number of hydrogen-bond donors (Lipinski definition) is 1. The second kappa shape index (κ2) is 5.31. The van der Waals surface area contributed by atoms with Crippen molar-refractivity contribution >= 4 is 0 Å². The van der Waals surface area contributed by atoms with Gasteiger partial charge in [-0.2, -0.15) is 0 Å². The summed E-state index contributed by atoms with van der Waals surface area (Å²) in [4.78, 5) is 0. The van der Waals surface area contributed by atoms with Crippen LogP contribution in [0.25, 0.3) is 0 Å². The third kappa shape index (κ3) is 3.49. The number of rotatable bonds is 2. The van der Waals surface area contributed by atoms with E-state index in [-0.39, 0.29) is 11.7 Å². The monoisotopic (exact) mass is 248 g/mol. The Hall–Kier alpha value is -1.02. The van der Waals surface area contributed by atoms with E-state index in [0.717, 1.165) is 25.0 Å². The Morgan fingerprint density at radius 1 is 1.06 bits per heavy atom. The van der Waals surface area contributed by atoms with Gasteiger partial charge in [-0.3, -0.25) is 0 Å². The summed E-state index contributed by atoms with van der Waals surface area (Å²) in [7, 11) is 0. The summed E-state index contributed by atoms with van der Waals surface area (Å²) < 4.78 is 5.81. The highest BCUT2D eigenvalue weighted by atomic mass is 16.5. The lowest BCUT2D eigenvalue weighted by Crippen LogP contribution is -2.23. The van der Waals surface area contributed by atoms with Gasteiger partial charge in [-0.25, -0.2) is 0 Å². The molecule has 0 heterocycles. The number of benzene rings is 1. The number of aliphatic hydroxyl groups excluding tert-OH is 1. The molecule has 2 heteroatoms. The van der Waals surface area contributed by atoms with Crippen molar-refractivity contribution in [3.05, 3.63) is 29.8 Å². The van der Waals surface area contributed by atoms with Crippen LogP contribution in [0.5, 0.6) is 5.75 Å². The summed E-state index contributed by atoms with van der Waals surface area (Å²) in [6, 6.07) is 8.23. The van der Waals surface area contributed by atoms with Gasteiger partial charge in [0.15, 0.2) is 0 Å². The van der Waals surface area contributed by atoms with Gasteiger partial charge in [0.05, 0.1) is 6.10 Å². The fourth-order valence-electron chi connectivity index (χ4n) is 2.64. The molecule has 1 fully saturated rings. The van der Waals surface area contributed by atoms with E-state index >= 15 is 0 Å². The summed E-state index contributed by atoms with van der Waals surface area (Å²) in [5, 5.41) is 10.0. The molecule has 1 saturated carbocycles. The molecule has 2 atom stereocenters. The maximum absolute atomic E-state index is 10.0. The third-order valence-corrected chi connectivity index (χ3v) is 3.46.